The van der Waals surface area contributed by atoms with Crippen LogP contribution in [-0.4, -0.2) is 36.9 Å². The lowest BCUT2D eigenvalue weighted by atomic mass is 10.1. The molecule has 0 aliphatic rings. The molecular formula is C18H22N2O4. The Balaban J connectivity index is 2.40. The molecule has 1 aromatic heterocycles. The number of rotatable bonds is 6. The van der Waals surface area contributed by atoms with E-state index in [9.17, 15) is 4.79 Å². The number of ether oxygens (including phenoxy) is 3. The van der Waals surface area contributed by atoms with E-state index in [-0.39, 0.29) is 5.78 Å². The van der Waals surface area contributed by atoms with Crippen molar-refractivity contribution in [2.45, 2.75) is 13.8 Å². The molecule has 0 unspecified atom stereocenters. The summed E-state index contributed by atoms with van der Waals surface area (Å²) in [4.78, 5) is 12.5. The minimum atomic E-state index is -0.102. The Hall–Kier alpha value is -2.76. The molecule has 2 rings (SSSR count). The van der Waals surface area contributed by atoms with E-state index in [1.165, 1.54) is 6.08 Å². The molecule has 0 bridgehead atoms. The topological polar surface area (TPSA) is 62.6 Å². The molecule has 2 aromatic rings. The normalized spacial score (nSPS) is 10.9. The van der Waals surface area contributed by atoms with Gasteiger partial charge in [0.1, 0.15) is 0 Å². The van der Waals surface area contributed by atoms with Gasteiger partial charge in [-0.3, -0.25) is 9.48 Å². The van der Waals surface area contributed by atoms with Crippen molar-refractivity contribution in [3.05, 3.63) is 40.7 Å². The molecule has 24 heavy (non-hydrogen) atoms. The summed E-state index contributed by atoms with van der Waals surface area (Å²) < 4.78 is 17.7. The second kappa shape index (κ2) is 7.21. The summed E-state index contributed by atoms with van der Waals surface area (Å²) in [5, 5.41) is 4.27. The first-order valence-corrected chi connectivity index (χ1v) is 7.46. The second-order valence-electron chi connectivity index (χ2n) is 5.29. The molecule has 128 valence electrons. The van der Waals surface area contributed by atoms with Gasteiger partial charge in [0.25, 0.3) is 0 Å². The quantitative estimate of drug-likeness (QED) is 0.602. The summed E-state index contributed by atoms with van der Waals surface area (Å²) in [6.07, 6.45) is 3.22. The number of nitrogens with zero attached hydrogens (tertiary/aromatic N) is 2. The van der Waals surface area contributed by atoms with Crippen molar-refractivity contribution in [2.24, 2.45) is 7.05 Å². The number of ketones is 1. The summed E-state index contributed by atoms with van der Waals surface area (Å²) in [6, 6.07) is 3.58. The number of hydrogen-bond acceptors (Lipinski definition) is 5. The fraction of sp³-hybridized carbons (Fsp3) is 0.333. The van der Waals surface area contributed by atoms with Crippen LogP contribution in [0.4, 0.5) is 0 Å². The van der Waals surface area contributed by atoms with Crippen LogP contribution in [-0.2, 0) is 7.05 Å². The lowest BCUT2D eigenvalue weighted by Gasteiger charge is -2.13. The molecule has 6 heteroatoms. The number of carbonyl (C=O) groups is 1. The number of carbonyl (C=O) groups excluding carboxylic acids is 1. The first-order chi connectivity index (χ1) is 11.4. The van der Waals surface area contributed by atoms with Crippen molar-refractivity contribution in [2.75, 3.05) is 21.3 Å². The van der Waals surface area contributed by atoms with Crippen molar-refractivity contribution in [1.29, 1.82) is 0 Å². The molecule has 1 aromatic carbocycles. The van der Waals surface area contributed by atoms with Gasteiger partial charge < -0.3 is 14.2 Å². The number of aryl methyl sites for hydroxylation is 2. The largest absolute Gasteiger partial charge is 0.493 e. The zero-order valence-electron chi connectivity index (χ0n) is 14.8. The monoisotopic (exact) mass is 330 g/mol. The maximum Gasteiger partial charge on any atom is 0.203 e. The highest BCUT2D eigenvalue weighted by Gasteiger charge is 2.17. The second-order valence-corrected chi connectivity index (χ2v) is 5.29. The molecule has 0 aliphatic heterocycles. The highest BCUT2D eigenvalue weighted by molar-refractivity contribution is 6.08. The van der Waals surface area contributed by atoms with Gasteiger partial charge in [0.2, 0.25) is 5.75 Å². The number of hydrogen-bond donors (Lipinski definition) is 0. The summed E-state index contributed by atoms with van der Waals surface area (Å²) in [5.74, 6) is 1.47. The molecule has 0 atom stereocenters. The van der Waals surface area contributed by atoms with Gasteiger partial charge in [-0.15, -0.1) is 0 Å². The van der Waals surface area contributed by atoms with Crippen LogP contribution in [0.25, 0.3) is 6.08 Å². The third kappa shape index (κ3) is 3.13. The fourth-order valence-electron chi connectivity index (χ4n) is 2.63. The van der Waals surface area contributed by atoms with E-state index in [1.54, 1.807) is 38.2 Å². The molecule has 0 N–H and O–H groups in total. The summed E-state index contributed by atoms with van der Waals surface area (Å²) in [7, 11) is 6.47. The lowest BCUT2D eigenvalue weighted by Crippen LogP contribution is -2.00. The van der Waals surface area contributed by atoms with Gasteiger partial charge in [0.15, 0.2) is 17.3 Å². The van der Waals surface area contributed by atoms with Crippen molar-refractivity contribution in [3.8, 4) is 17.2 Å². The van der Waals surface area contributed by atoms with Gasteiger partial charge in [0, 0.05) is 18.3 Å². The maximum absolute atomic E-state index is 12.5. The SMILES string of the molecule is COc1ccc(C=CC(=O)c2c(C)nn(C)c2C)c(OC)c1OC. The van der Waals surface area contributed by atoms with Gasteiger partial charge >= 0.3 is 0 Å². The molecule has 0 aliphatic carbocycles. The van der Waals surface area contributed by atoms with E-state index in [0.717, 1.165) is 11.3 Å². The minimum absolute atomic E-state index is 0.102. The van der Waals surface area contributed by atoms with Gasteiger partial charge in [-0.1, -0.05) is 0 Å². The van der Waals surface area contributed by atoms with Crippen LogP contribution in [0.5, 0.6) is 17.2 Å². The highest BCUT2D eigenvalue weighted by Crippen LogP contribution is 2.40. The average Bonchev–Trinajstić information content (AvgIpc) is 2.83. The number of benzene rings is 1. The van der Waals surface area contributed by atoms with Crippen LogP contribution in [0.15, 0.2) is 18.2 Å². The summed E-state index contributed by atoms with van der Waals surface area (Å²) >= 11 is 0. The van der Waals surface area contributed by atoms with Gasteiger partial charge in [-0.05, 0) is 38.1 Å². The Labute approximate surface area is 141 Å². The molecule has 0 saturated carbocycles. The van der Waals surface area contributed by atoms with Crippen molar-refractivity contribution >= 4 is 11.9 Å². The van der Waals surface area contributed by atoms with Crippen LogP contribution in [0.2, 0.25) is 0 Å². The van der Waals surface area contributed by atoms with E-state index < -0.39 is 0 Å². The Morgan fingerprint density at radius 2 is 1.75 bits per heavy atom. The molecule has 1 heterocycles. The first-order valence-electron chi connectivity index (χ1n) is 7.46. The minimum Gasteiger partial charge on any atom is -0.493 e. The van der Waals surface area contributed by atoms with Crippen LogP contribution in [0.3, 0.4) is 0 Å². The first kappa shape index (κ1) is 17.6. The molecule has 6 nitrogen and oxygen atoms in total. The Morgan fingerprint density at radius 1 is 1.08 bits per heavy atom. The van der Waals surface area contributed by atoms with Crippen molar-refractivity contribution < 1.29 is 19.0 Å². The lowest BCUT2D eigenvalue weighted by molar-refractivity contribution is 0.104. The van der Waals surface area contributed by atoms with E-state index in [1.807, 2.05) is 27.0 Å². The number of allylic oxidation sites excluding steroid dienone is 1. The fourth-order valence-corrected chi connectivity index (χ4v) is 2.63. The maximum atomic E-state index is 12.5. The summed E-state index contributed by atoms with van der Waals surface area (Å²) in [6.45, 7) is 3.70. The Kier molecular flexibility index (Phi) is 5.28. The molecular weight excluding hydrogens is 308 g/mol. The zero-order valence-corrected chi connectivity index (χ0v) is 14.8. The molecule has 0 fully saturated rings. The molecule has 0 radical (unpaired) electrons. The Morgan fingerprint density at radius 3 is 2.25 bits per heavy atom. The highest BCUT2D eigenvalue weighted by atomic mass is 16.5. The third-order valence-electron chi connectivity index (χ3n) is 3.90. The summed E-state index contributed by atoms with van der Waals surface area (Å²) in [5.41, 5.74) is 2.89. The molecule has 0 saturated heterocycles. The molecule has 0 spiro atoms. The van der Waals surface area contributed by atoms with E-state index in [4.69, 9.17) is 14.2 Å². The van der Waals surface area contributed by atoms with Crippen molar-refractivity contribution in [3.63, 3.8) is 0 Å². The van der Waals surface area contributed by atoms with E-state index in [0.29, 0.717) is 28.5 Å². The van der Waals surface area contributed by atoms with Crippen LogP contribution >= 0.6 is 0 Å². The zero-order chi connectivity index (χ0) is 17.9. The average molecular weight is 330 g/mol. The predicted molar refractivity (Wildman–Crippen MR) is 92.1 cm³/mol. The van der Waals surface area contributed by atoms with E-state index in [2.05, 4.69) is 5.10 Å². The third-order valence-corrected chi connectivity index (χ3v) is 3.90. The van der Waals surface area contributed by atoms with Crippen LogP contribution < -0.4 is 14.2 Å². The Bertz CT molecular complexity index is 791. The van der Waals surface area contributed by atoms with Crippen LogP contribution in [0.1, 0.15) is 27.3 Å². The molecule has 0 amide bonds. The van der Waals surface area contributed by atoms with Gasteiger partial charge in [0.05, 0.1) is 32.6 Å². The van der Waals surface area contributed by atoms with Gasteiger partial charge in [-0.25, -0.2) is 0 Å². The van der Waals surface area contributed by atoms with Gasteiger partial charge in [-0.2, -0.15) is 5.10 Å². The van der Waals surface area contributed by atoms with Crippen molar-refractivity contribution in [1.82, 2.24) is 9.78 Å². The van der Waals surface area contributed by atoms with E-state index >= 15 is 0 Å². The number of aromatic nitrogens is 2. The predicted octanol–water partition coefficient (Wildman–Crippen LogP) is 2.96. The smallest absolute Gasteiger partial charge is 0.203 e. The van der Waals surface area contributed by atoms with Crippen LogP contribution in [0, 0.1) is 13.8 Å². The standard InChI is InChI=1S/C18H22N2O4/c1-11-16(12(2)20(3)19-11)14(21)9-7-13-8-10-15(22-4)18(24-6)17(13)23-5/h7-10H,1-6H3. The number of methoxy groups -OCH3 is 3.